The molecule has 10 nitrogen and oxygen atoms in total. The molecule has 0 bridgehead atoms. The van der Waals surface area contributed by atoms with E-state index < -0.39 is 22.2 Å². The minimum atomic E-state index is -3.43. The summed E-state index contributed by atoms with van der Waals surface area (Å²) in [5.41, 5.74) is 3.60. The number of aliphatic hydroxyl groups excluding tert-OH is 1. The molecule has 0 aliphatic carbocycles. The number of hydrogen-bond acceptors (Lipinski definition) is 6. The minimum absolute atomic E-state index is 0.0977. The van der Waals surface area contributed by atoms with Gasteiger partial charge in [0.15, 0.2) is 0 Å². The molecule has 4 rings (SSSR count). The van der Waals surface area contributed by atoms with Gasteiger partial charge in [0.05, 0.1) is 29.1 Å². The van der Waals surface area contributed by atoms with Crippen molar-refractivity contribution in [3.8, 4) is 0 Å². The first-order chi connectivity index (χ1) is 18.6. The molecule has 39 heavy (non-hydrogen) atoms. The van der Waals surface area contributed by atoms with E-state index in [-0.39, 0.29) is 24.2 Å². The molecule has 1 aliphatic rings. The van der Waals surface area contributed by atoms with E-state index in [2.05, 4.69) is 15.6 Å². The quantitative estimate of drug-likeness (QED) is 0.240. The summed E-state index contributed by atoms with van der Waals surface area (Å²) in [6, 6.07) is 12.9. The fraction of sp³-hybridized carbons (Fsp3) is 0.429. The Morgan fingerprint density at radius 2 is 1.90 bits per heavy atom. The first-order valence-electron chi connectivity index (χ1n) is 13.1. The summed E-state index contributed by atoms with van der Waals surface area (Å²) in [5, 5.41) is 25.0. The summed E-state index contributed by atoms with van der Waals surface area (Å²) in [6.45, 7) is 6.50. The van der Waals surface area contributed by atoms with E-state index in [9.17, 15) is 18.3 Å². The predicted molar refractivity (Wildman–Crippen MR) is 153 cm³/mol. The summed E-state index contributed by atoms with van der Waals surface area (Å²) in [5.74, 6) is -0.247. The molecule has 212 valence electrons. The highest BCUT2D eigenvalue weighted by molar-refractivity contribution is 7.93. The summed E-state index contributed by atoms with van der Waals surface area (Å²) in [4.78, 5) is 25.1. The van der Waals surface area contributed by atoms with Crippen molar-refractivity contribution in [2.75, 3.05) is 23.1 Å². The van der Waals surface area contributed by atoms with Gasteiger partial charge in [-0.05, 0) is 42.5 Å². The predicted octanol–water partition coefficient (Wildman–Crippen LogP) is 2.67. The monoisotopic (exact) mass is 558 g/mol. The van der Waals surface area contributed by atoms with Crippen molar-refractivity contribution in [2.24, 2.45) is 0 Å². The number of aromatic nitrogens is 1. The van der Waals surface area contributed by atoms with Crippen LogP contribution in [0.4, 0.5) is 5.69 Å². The summed E-state index contributed by atoms with van der Waals surface area (Å²) in [7, 11) is -3.43. The lowest BCUT2D eigenvalue weighted by molar-refractivity contribution is -0.122. The van der Waals surface area contributed by atoms with E-state index >= 15 is 0 Å². The van der Waals surface area contributed by atoms with Crippen LogP contribution in [-0.4, -0.2) is 73.0 Å². The van der Waals surface area contributed by atoms with Gasteiger partial charge < -0.3 is 25.8 Å². The first-order valence-corrected chi connectivity index (χ1v) is 14.7. The number of amides is 1. The van der Waals surface area contributed by atoms with Crippen LogP contribution >= 0.6 is 0 Å². The highest BCUT2D eigenvalue weighted by Crippen LogP contribution is 2.34. The number of rotatable bonds is 10. The van der Waals surface area contributed by atoms with Gasteiger partial charge in [0.25, 0.3) is 12.4 Å². The van der Waals surface area contributed by atoms with Gasteiger partial charge in [0.1, 0.15) is 0 Å². The van der Waals surface area contributed by atoms with E-state index in [1.165, 1.54) is 4.31 Å². The highest BCUT2D eigenvalue weighted by Gasteiger charge is 2.31. The van der Waals surface area contributed by atoms with Crippen molar-refractivity contribution in [1.29, 1.82) is 0 Å². The van der Waals surface area contributed by atoms with E-state index in [1.807, 2.05) is 63.4 Å². The molecule has 0 saturated carbocycles. The Hall–Kier alpha value is -3.41. The maximum absolute atomic E-state index is 13.6. The molecular weight excluding hydrogens is 520 g/mol. The average Bonchev–Trinajstić information content (AvgIpc) is 3.49. The Balaban J connectivity index is 0.00000134. The van der Waals surface area contributed by atoms with Gasteiger partial charge >= 0.3 is 0 Å². The third-order valence-electron chi connectivity index (χ3n) is 6.68. The molecule has 0 radical (unpaired) electrons. The zero-order chi connectivity index (χ0) is 28.6. The number of carbonyl (C=O) groups excluding carboxylic acids is 1. The Morgan fingerprint density at radius 3 is 2.49 bits per heavy atom. The van der Waals surface area contributed by atoms with Gasteiger partial charge in [-0.2, -0.15) is 0 Å². The zero-order valence-electron chi connectivity index (χ0n) is 22.6. The van der Waals surface area contributed by atoms with Gasteiger partial charge in [0, 0.05) is 36.3 Å². The molecule has 2 aromatic carbocycles. The standard InChI is InChI=1S/C27H36N4O4S.CH2O2/c1-4-20-16-29-26-22(20)14-21(15-24(26)31-11-8-12-36(31,34)35)27(33)30-23(25(32)17-28-18(2)3)13-19-9-6-5-7-10-19;2-1-3/h5-7,9-10,14-16,18,23,25,28-29,32H,4,8,11-13,17H2,1-3H3,(H,30,33);1H,(H,2,3)/t23-,25+;/m0./s1. The number of carbonyl (C=O) groups is 2. The molecule has 11 heteroatoms. The highest BCUT2D eigenvalue weighted by atomic mass is 32.2. The van der Waals surface area contributed by atoms with Crippen LogP contribution in [0.3, 0.4) is 0 Å². The molecular formula is C28H38N4O6S. The van der Waals surface area contributed by atoms with Crippen LogP contribution in [-0.2, 0) is 27.7 Å². The number of nitrogens with zero attached hydrogens (tertiary/aromatic N) is 1. The van der Waals surface area contributed by atoms with Gasteiger partial charge in [-0.25, -0.2) is 8.42 Å². The fourth-order valence-electron chi connectivity index (χ4n) is 4.70. The van der Waals surface area contributed by atoms with Crippen molar-refractivity contribution in [3.05, 3.63) is 65.4 Å². The van der Waals surface area contributed by atoms with Crippen molar-refractivity contribution in [3.63, 3.8) is 0 Å². The number of hydrogen-bond donors (Lipinski definition) is 5. The Bertz CT molecular complexity index is 1360. The SMILES string of the molecule is CCc1c[nH]c2c(N3CCCS3(=O)=O)cc(C(=O)N[C@@H](Cc3ccccc3)[C@H](O)CNC(C)C)cc12.O=CO. The fourth-order valence-corrected chi connectivity index (χ4v) is 6.27. The molecule has 1 aliphatic heterocycles. The molecule has 2 heterocycles. The van der Waals surface area contributed by atoms with E-state index in [0.29, 0.717) is 37.2 Å². The van der Waals surface area contributed by atoms with Crippen molar-refractivity contribution in [1.82, 2.24) is 15.6 Å². The molecule has 0 spiro atoms. The molecule has 2 atom stereocenters. The van der Waals surface area contributed by atoms with Crippen LogP contribution in [0.1, 0.15) is 48.7 Å². The molecule has 3 aromatic rings. The number of fused-ring (bicyclic) bond motifs is 1. The van der Waals surface area contributed by atoms with Crippen LogP contribution in [0.15, 0.2) is 48.7 Å². The molecule has 0 unspecified atom stereocenters. The smallest absolute Gasteiger partial charge is 0.290 e. The van der Waals surface area contributed by atoms with Crippen LogP contribution in [0.25, 0.3) is 10.9 Å². The third-order valence-corrected chi connectivity index (χ3v) is 8.54. The van der Waals surface area contributed by atoms with Gasteiger partial charge in [0.2, 0.25) is 10.0 Å². The summed E-state index contributed by atoms with van der Waals surface area (Å²) < 4.78 is 26.9. The van der Waals surface area contributed by atoms with E-state index in [4.69, 9.17) is 9.90 Å². The van der Waals surface area contributed by atoms with Crippen LogP contribution in [0, 0.1) is 0 Å². The number of carboxylic acid groups (broad SMARTS) is 1. The normalized spacial score (nSPS) is 16.0. The second-order valence-electron chi connectivity index (χ2n) is 9.83. The number of sulfonamides is 1. The lowest BCUT2D eigenvalue weighted by atomic mass is 9.99. The molecule has 5 N–H and O–H groups in total. The molecule has 1 amide bonds. The van der Waals surface area contributed by atoms with Crippen LogP contribution in [0.5, 0.6) is 0 Å². The Morgan fingerprint density at radius 1 is 1.21 bits per heavy atom. The van der Waals surface area contributed by atoms with Gasteiger partial charge in [-0.1, -0.05) is 51.1 Å². The van der Waals surface area contributed by atoms with Crippen LogP contribution in [0.2, 0.25) is 0 Å². The minimum Gasteiger partial charge on any atom is -0.483 e. The number of benzene rings is 2. The van der Waals surface area contributed by atoms with Gasteiger partial charge in [-0.3, -0.25) is 13.9 Å². The molecule has 1 saturated heterocycles. The largest absolute Gasteiger partial charge is 0.483 e. The van der Waals surface area contributed by atoms with Crippen molar-refractivity contribution < 1.29 is 28.2 Å². The lowest BCUT2D eigenvalue weighted by Gasteiger charge is -2.26. The van der Waals surface area contributed by atoms with Gasteiger partial charge in [-0.15, -0.1) is 0 Å². The second kappa shape index (κ2) is 13.6. The Kier molecular flexibility index (Phi) is 10.5. The summed E-state index contributed by atoms with van der Waals surface area (Å²) >= 11 is 0. The number of nitrogens with one attached hydrogen (secondary N) is 3. The first kappa shape index (κ1) is 30.1. The summed E-state index contributed by atoms with van der Waals surface area (Å²) in [6.07, 6.45) is 2.83. The zero-order valence-corrected chi connectivity index (χ0v) is 23.4. The number of aryl methyl sites for hydroxylation is 1. The maximum atomic E-state index is 13.6. The Labute approximate surface area is 229 Å². The molecule has 1 aromatic heterocycles. The number of anilines is 1. The van der Waals surface area contributed by atoms with Crippen LogP contribution < -0.4 is 14.9 Å². The van der Waals surface area contributed by atoms with Crippen molar-refractivity contribution >= 4 is 39.0 Å². The number of H-pyrrole nitrogens is 1. The average molecular weight is 559 g/mol. The topological polar surface area (TPSA) is 152 Å². The molecule has 1 fully saturated rings. The van der Waals surface area contributed by atoms with Crippen molar-refractivity contribution in [2.45, 2.75) is 58.2 Å². The second-order valence-corrected chi connectivity index (χ2v) is 11.8. The van der Waals surface area contributed by atoms with E-state index in [0.717, 1.165) is 28.5 Å². The lowest BCUT2D eigenvalue weighted by Crippen LogP contribution is -2.49. The maximum Gasteiger partial charge on any atom is 0.290 e. The number of aliphatic hydroxyl groups is 1. The number of aromatic amines is 1. The third kappa shape index (κ3) is 7.59. The van der Waals surface area contributed by atoms with E-state index in [1.54, 1.807) is 6.07 Å².